The van der Waals surface area contributed by atoms with Gasteiger partial charge in [-0.25, -0.2) is 4.79 Å². The molecule has 24 heavy (non-hydrogen) atoms. The van der Waals surface area contributed by atoms with E-state index in [1.54, 1.807) is 12.3 Å². The summed E-state index contributed by atoms with van der Waals surface area (Å²) in [5.74, 6) is 0.138. The molecule has 2 aromatic rings. The molecule has 3 atom stereocenters. The number of ether oxygens (including phenoxy) is 3. The van der Waals surface area contributed by atoms with Gasteiger partial charge in [0.2, 0.25) is 0 Å². The zero-order chi connectivity index (χ0) is 16.6. The number of benzene rings is 1. The van der Waals surface area contributed by atoms with Crippen LogP contribution >= 0.6 is 0 Å². The van der Waals surface area contributed by atoms with Gasteiger partial charge in [-0.3, -0.25) is 4.79 Å². The number of hydrogen-bond acceptors (Lipinski definition) is 7. The van der Waals surface area contributed by atoms with Crippen LogP contribution < -0.4 is 15.1 Å². The largest absolute Gasteiger partial charge is 0.496 e. The van der Waals surface area contributed by atoms with Crippen molar-refractivity contribution in [3.63, 3.8) is 0 Å². The number of Topliss-reactive ketones (excluding diaryl/α,β-unsaturated/α-hetero) is 1. The van der Waals surface area contributed by atoms with Crippen molar-refractivity contribution >= 4 is 16.8 Å². The second-order valence-electron chi connectivity index (χ2n) is 6.00. The van der Waals surface area contributed by atoms with Gasteiger partial charge in [-0.05, 0) is 11.6 Å². The summed E-state index contributed by atoms with van der Waals surface area (Å²) in [5, 5.41) is 10.4. The molecule has 5 rings (SSSR count). The molecule has 0 fully saturated rings. The zero-order valence-electron chi connectivity index (χ0n) is 12.6. The lowest BCUT2D eigenvalue weighted by molar-refractivity contribution is -0.00485. The number of carbonyl (C=O) groups is 1. The van der Waals surface area contributed by atoms with Crippen LogP contribution in [0.1, 0.15) is 27.4 Å². The number of aliphatic hydroxyl groups excluding tert-OH is 1. The minimum Gasteiger partial charge on any atom is -0.496 e. The lowest BCUT2D eigenvalue weighted by atomic mass is 9.95. The van der Waals surface area contributed by atoms with Crippen LogP contribution in [0.15, 0.2) is 27.6 Å². The first-order chi connectivity index (χ1) is 11.6. The molecule has 0 saturated heterocycles. The average Bonchev–Trinajstić information content (AvgIpc) is 3.20. The Morgan fingerprint density at radius 2 is 2.17 bits per heavy atom. The van der Waals surface area contributed by atoms with Crippen molar-refractivity contribution in [2.75, 3.05) is 7.11 Å². The van der Waals surface area contributed by atoms with Crippen LogP contribution in [0.5, 0.6) is 11.5 Å². The van der Waals surface area contributed by atoms with E-state index >= 15 is 0 Å². The van der Waals surface area contributed by atoms with E-state index in [9.17, 15) is 14.7 Å². The number of aliphatic hydroxyl groups is 1. The molecule has 3 heterocycles. The van der Waals surface area contributed by atoms with Crippen LogP contribution in [-0.4, -0.2) is 30.4 Å². The predicted octanol–water partition coefficient (Wildman–Crippen LogP) is 1.25. The van der Waals surface area contributed by atoms with Gasteiger partial charge in [-0.2, -0.15) is 0 Å². The number of hydrogen-bond donors (Lipinski definition) is 1. The van der Waals surface area contributed by atoms with Crippen LogP contribution in [0.3, 0.4) is 0 Å². The molecule has 3 aliphatic rings. The highest BCUT2D eigenvalue weighted by Gasteiger charge is 2.43. The standard InChI is InChI=1S/C17H12O7/c1-21-9-5-10-11(6-2-3-22-17(6)23-10)15-12(9)7-4-8(18)14(19)13(7)16(20)24-15/h2-3,5-6,8,17-18H,4H2,1H3/t6-,8-,17-/m0/s1. The molecule has 1 aliphatic carbocycles. The maximum atomic E-state index is 12.3. The van der Waals surface area contributed by atoms with Crippen molar-refractivity contribution in [1.29, 1.82) is 0 Å². The number of methoxy groups -OCH3 is 1. The van der Waals surface area contributed by atoms with Crippen molar-refractivity contribution in [1.82, 2.24) is 0 Å². The quantitative estimate of drug-likeness (QED) is 0.787. The van der Waals surface area contributed by atoms with Gasteiger partial charge in [0.25, 0.3) is 6.29 Å². The minimum absolute atomic E-state index is 0.0622. The fraction of sp³-hybridized carbons (Fsp3) is 0.294. The van der Waals surface area contributed by atoms with Crippen LogP contribution in [0.4, 0.5) is 0 Å². The Morgan fingerprint density at radius 3 is 2.96 bits per heavy atom. The minimum atomic E-state index is -1.23. The Bertz CT molecular complexity index is 1000. The topological polar surface area (TPSA) is 95.2 Å². The van der Waals surface area contributed by atoms with Crippen molar-refractivity contribution in [2.45, 2.75) is 24.7 Å². The molecule has 2 aliphatic heterocycles. The molecule has 1 aromatic heterocycles. The maximum absolute atomic E-state index is 12.3. The summed E-state index contributed by atoms with van der Waals surface area (Å²) in [7, 11) is 1.48. The van der Waals surface area contributed by atoms with Gasteiger partial charge in [-0.1, -0.05) is 0 Å². The third-order valence-electron chi connectivity index (χ3n) is 4.78. The summed E-state index contributed by atoms with van der Waals surface area (Å²) in [6.07, 6.45) is 1.71. The van der Waals surface area contributed by atoms with E-state index in [-0.39, 0.29) is 17.9 Å². The highest BCUT2D eigenvalue weighted by Crippen LogP contribution is 2.50. The highest BCUT2D eigenvalue weighted by atomic mass is 16.7. The first kappa shape index (κ1) is 13.6. The first-order valence-corrected chi connectivity index (χ1v) is 7.51. The van der Waals surface area contributed by atoms with Crippen LogP contribution in [0, 0.1) is 0 Å². The third kappa shape index (κ3) is 1.50. The molecule has 0 unspecified atom stereocenters. The van der Waals surface area contributed by atoms with E-state index in [1.807, 2.05) is 6.08 Å². The summed E-state index contributed by atoms with van der Waals surface area (Å²) in [6, 6.07) is 1.70. The maximum Gasteiger partial charge on any atom is 0.347 e. The van der Waals surface area contributed by atoms with Gasteiger partial charge in [-0.15, -0.1) is 0 Å². The highest BCUT2D eigenvalue weighted by molar-refractivity contribution is 6.08. The summed E-state index contributed by atoms with van der Waals surface area (Å²) in [4.78, 5) is 24.4. The summed E-state index contributed by atoms with van der Waals surface area (Å²) in [6.45, 7) is 0. The van der Waals surface area contributed by atoms with Crippen LogP contribution in [0.2, 0.25) is 0 Å². The van der Waals surface area contributed by atoms with E-state index in [4.69, 9.17) is 18.6 Å². The molecule has 7 nitrogen and oxygen atoms in total. The third-order valence-corrected chi connectivity index (χ3v) is 4.78. The van der Waals surface area contributed by atoms with Gasteiger partial charge >= 0.3 is 5.63 Å². The molecule has 0 spiro atoms. The summed E-state index contributed by atoms with van der Waals surface area (Å²) in [5.41, 5.74) is 0.628. The van der Waals surface area contributed by atoms with Gasteiger partial charge in [0, 0.05) is 12.5 Å². The van der Waals surface area contributed by atoms with E-state index < -0.39 is 23.8 Å². The second-order valence-corrected chi connectivity index (χ2v) is 6.00. The van der Waals surface area contributed by atoms with Crippen LogP contribution in [0.25, 0.3) is 11.0 Å². The lowest BCUT2D eigenvalue weighted by Gasteiger charge is -2.12. The molecule has 0 bridgehead atoms. The van der Waals surface area contributed by atoms with Gasteiger partial charge < -0.3 is 23.7 Å². The number of rotatable bonds is 1. The Labute approximate surface area is 135 Å². The van der Waals surface area contributed by atoms with E-state index in [1.165, 1.54) is 7.11 Å². The number of carbonyl (C=O) groups excluding carboxylic acids is 1. The normalized spacial score (nSPS) is 26.1. The smallest absolute Gasteiger partial charge is 0.347 e. The molecule has 0 radical (unpaired) electrons. The molecular weight excluding hydrogens is 316 g/mol. The average molecular weight is 328 g/mol. The SMILES string of the molecule is COc1cc2c(c3oc(=O)c4c(c13)C[C@H](O)C4=O)[C@@H]1C=CO[C@H]1O2. The predicted molar refractivity (Wildman–Crippen MR) is 80.5 cm³/mol. The Kier molecular flexibility index (Phi) is 2.49. The van der Waals surface area contributed by atoms with Crippen molar-refractivity contribution in [3.8, 4) is 11.5 Å². The molecule has 0 amide bonds. The number of fused-ring (bicyclic) bond motifs is 7. The van der Waals surface area contributed by atoms with Crippen molar-refractivity contribution in [3.05, 3.63) is 45.5 Å². The molecule has 1 N–H and O–H groups in total. The van der Waals surface area contributed by atoms with Crippen molar-refractivity contribution < 1.29 is 28.5 Å². The molecule has 7 heteroatoms. The monoisotopic (exact) mass is 328 g/mol. The fourth-order valence-corrected chi connectivity index (χ4v) is 3.73. The zero-order valence-corrected chi connectivity index (χ0v) is 12.6. The molecule has 122 valence electrons. The second kappa shape index (κ2) is 4.39. The molecular formula is C17H12O7. The van der Waals surface area contributed by atoms with Gasteiger partial charge in [0.15, 0.2) is 5.78 Å². The first-order valence-electron chi connectivity index (χ1n) is 7.51. The fourth-order valence-electron chi connectivity index (χ4n) is 3.73. The molecule has 0 saturated carbocycles. The van der Waals surface area contributed by atoms with Gasteiger partial charge in [0.05, 0.1) is 30.2 Å². The Balaban J connectivity index is 1.93. The van der Waals surface area contributed by atoms with E-state index in [2.05, 4.69) is 0 Å². The number of ketones is 1. The van der Waals surface area contributed by atoms with E-state index in [0.717, 1.165) is 0 Å². The van der Waals surface area contributed by atoms with Gasteiger partial charge in [0.1, 0.15) is 28.7 Å². The lowest BCUT2D eigenvalue weighted by Crippen LogP contribution is -2.19. The summed E-state index contributed by atoms with van der Waals surface area (Å²) >= 11 is 0. The Hall–Kier alpha value is -2.80. The Morgan fingerprint density at radius 1 is 1.33 bits per heavy atom. The molecule has 1 aromatic carbocycles. The van der Waals surface area contributed by atoms with Crippen LogP contribution in [-0.2, 0) is 11.2 Å². The van der Waals surface area contributed by atoms with Crippen molar-refractivity contribution in [2.24, 2.45) is 0 Å². The summed E-state index contributed by atoms with van der Waals surface area (Å²) < 4.78 is 22.0. The van der Waals surface area contributed by atoms with E-state index in [0.29, 0.717) is 33.6 Å².